The van der Waals surface area contributed by atoms with Gasteiger partial charge < -0.3 is 10.2 Å². The first-order valence-electron chi connectivity index (χ1n) is 11.3. The van der Waals surface area contributed by atoms with Crippen molar-refractivity contribution < 1.29 is 9.59 Å². The van der Waals surface area contributed by atoms with Gasteiger partial charge in [-0.2, -0.15) is 0 Å². The maximum atomic E-state index is 12.9. The molecular weight excluding hydrogens is 464 g/mol. The molecule has 0 saturated carbocycles. The number of allylic oxidation sites excluding steroid dienone is 1. The fraction of sp³-hybridized carbons (Fsp3) is 0.240. The zero-order valence-electron chi connectivity index (χ0n) is 19.6. The fourth-order valence-corrected chi connectivity index (χ4v) is 4.58. The lowest BCUT2D eigenvalue weighted by atomic mass is 10.2. The van der Waals surface area contributed by atoms with E-state index in [1.807, 2.05) is 26.0 Å². The van der Waals surface area contributed by atoms with Gasteiger partial charge in [0.2, 0.25) is 11.7 Å². The maximum absolute atomic E-state index is 12.9. The van der Waals surface area contributed by atoms with Gasteiger partial charge in [-0.05, 0) is 50.2 Å². The summed E-state index contributed by atoms with van der Waals surface area (Å²) in [7, 11) is 0. The molecule has 35 heavy (non-hydrogen) atoms. The molecule has 0 bridgehead atoms. The van der Waals surface area contributed by atoms with E-state index < -0.39 is 0 Å². The summed E-state index contributed by atoms with van der Waals surface area (Å²) >= 11 is 1.22. The topological polar surface area (TPSA) is 102 Å². The summed E-state index contributed by atoms with van der Waals surface area (Å²) in [5.41, 5.74) is 1.68. The predicted octanol–water partition coefficient (Wildman–Crippen LogP) is 3.44. The van der Waals surface area contributed by atoms with Gasteiger partial charge in [-0.1, -0.05) is 30.0 Å². The summed E-state index contributed by atoms with van der Waals surface area (Å²) in [5.74, 6) is 0.225. The molecule has 0 radical (unpaired) electrons. The number of para-hydroxylation sites is 1. The van der Waals surface area contributed by atoms with Crippen LogP contribution in [0.4, 0.5) is 5.69 Å². The number of thioether (sulfide) groups is 1. The van der Waals surface area contributed by atoms with Gasteiger partial charge >= 0.3 is 0 Å². The molecule has 2 aromatic heterocycles. The molecule has 1 N–H and O–H groups in total. The van der Waals surface area contributed by atoms with E-state index in [1.54, 1.807) is 51.8 Å². The molecule has 0 aliphatic heterocycles. The zero-order valence-corrected chi connectivity index (χ0v) is 20.4. The molecule has 0 saturated heterocycles. The van der Waals surface area contributed by atoms with Crippen LogP contribution in [0.2, 0.25) is 0 Å². The quantitative estimate of drug-likeness (QED) is 0.285. The second kappa shape index (κ2) is 10.6. The monoisotopic (exact) mass is 490 g/mol. The largest absolute Gasteiger partial charge is 0.339 e. The molecule has 4 aromatic rings. The van der Waals surface area contributed by atoms with E-state index in [0.717, 1.165) is 0 Å². The number of hydrogen-bond donors (Lipinski definition) is 1. The summed E-state index contributed by atoms with van der Waals surface area (Å²) in [6.45, 7) is 9.18. The van der Waals surface area contributed by atoms with Gasteiger partial charge in [-0.3, -0.25) is 23.4 Å². The van der Waals surface area contributed by atoms with Crippen LogP contribution in [0, 0.1) is 0 Å². The highest BCUT2D eigenvalue weighted by atomic mass is 32.2. The summed E-state index contributed by atoms with van der Waals surface area (Å²) < 4.78 is 3.29. The van der Waals surface area contributed by atoms with Gasteiger partial charge in [0.15, 0.2) is 5.16 Å². The number of aromatic nitrogens is 4. The van der Waals surface area contributed by atoms with Crippen LogP contribution in [0.25, 0.3) is 16.7 Å². The van der Waals surface area contributed by atoms with E-state index in [2.05, 4.69) is 22.1 Å². The zero-order chi connectivity index (χ0) is 24.9. The normalized spacial score (nSPS) is 11.0. The second-order valence-corrected chi connectivity index (χ2v) is 8.67. The molecule has 180 valence electrons. The van der Waals surface area contributed by atoms with Gasteiger partial charge in [-0.25, -0.2) is 0 Å². The molecule has 0 spiro atoms. The number of carbonyl (C=O) groups excluding carboxylic acids is 2. The molecule has 0 unspecified atom stereocenters. The molecule has 9 nitrogen and oxygen atoms in total. The van der Waals surface area contributed by atoms with Crippen LogP contribution in [0.15, 0.2) is 71.1 Å². The van der Waals surface area contributed by atoms with Crippen molar-refractivity contribution in [3.8, 4) is 0 Å². The van der Waals surface area contributed by atoms with Gasteiger partial charge in [0.05, 0.1) is 16.7 Å². The Balaban J connectivity index is 1.51. The molecule has 0 aliphatic rings. The van der Waals surface area contributed by atoms with Crippen molar-refractivity contribution in [3.63, 3.8) is 0 Å². The highest BCUT2D eigenvalue weighted by molar-refractivity contribution is 7.99. The average Bonchev–Trinajstić information content (AvgIpc) is 3.30. The van der Waals surface area contributed by atoms with E-state index in [0.29, 0.717) is 52.7 Å². The summed E-state index contributed by atoms with van der Waals surface area (Å²) in [4.78, 5) is 39.7. The number of benzene rings is 2. The molecule has 0 atom stereocenters. The standard InChI is InChI=1S/C25H26N6O3S/c1-4-15-30-23(34)19-9-7-8-10-20(19)31-24(30)27-28-25(31)35-16-21(32)26-18-13-11-17(12-14-18)22(33)29(5-2)6-3/h4,7-14H,1,5-6,15-16H2,2-3H3,(H,26,32). The third kappa shape index (κ3) is 4.83. The number of nitrogens with one attached hydrogen (secondary N) is 1. The number of nitrogens with zero attached hydrogens (tertiary/aromatic N) is 5. The van der Waals surface area contributed by atoms with E-state index in [9.17, 15) is 14.4 Å². The van der Waals surface area contributed by atoms with Crippen molar-refractivity contribution in [1.29, 1.82) is 0 Å². The molecule has 0 aliphatic carbocycles. The maximum Gasteiger partial charge on any atom is 0.263 e. The van der Waals surface area contributed by atoms with E-state index in [-0.39, 0.29) is 23.1 Å². The minimum Gasteiger partial charge on any atom is -0.339 e. The first kappa shape index (κ1) is 24.2. The minimum absolute atomic E-state index is 0.0377. The SMILES string of the molecule is C=CCn1c(=O)c2ccccc2n2c(SCC(=O)Nc3ccc(C(=O)N(CC)CC)cc3)nnc12. The van der Waals surface area contributed by atoms with Crippen molar-refractivity contribution in [2.75, 3.05) is 24.2 Å². The Morgan fingerprint density at radius 1 is 1.09 bits per heavy atom. The van der Waals surface area contributed by atoms with Crippen LogP contribution in [0.3, 0.4) is 0 Å². The highest BCUT2D eigenvalue weighted by Crippen LogP contribution is 2.22. The van der Waals surface area contributed by atoms with Crippen LogP contribution in [0.5, 0.6) is 0 Å². The first-order chi connectivity index (χ1) is 17.0. The molecule has 2 aromatic carbocycles. The number of anilines is 1. The van der Waals surface area contributed by atoms with Crippen molar-refractivity contribution in [3.05, 3.63) is 77.1 Å². The molecule has 10 heteroatoms. The van der Waals surface area contributed by atoms with Crippen LogP contribution < -0.4 is 10.9 Å². The van der Waals surface area contributed by atoms with Gasteiger partial charge in [0.25, 0.3) is 11.5 Å². The smallest absolute Gasteiger partial charge is 0.263 e. The number of hydrogen-bond acceptors (Lipinski definition) is 6. The third-order valence-corrected chi connectivity index (χ3v) is 6.52. The molecular formula is C25H26N6O3S. The van der Waals surface area contributed by atoms with Crippen LogP contribution in [-0.4, -0.2) is 54.7 Å². The van der Waals surface area contributed by atoms with Crippen LogP contribution >= 0.6 is 11.8 Å². The lowest BCUT2D eigenvalue weighted by Crippen LogP contribution is -2.30. The Kier molecular flexibility index (Phi) is 7.31. The Hall–Kier alpha value is -3.92. The van der Waals surface area contributed by atoms with E-state index in [4.69, 9.17) is 0 Å². The molecule has 2 amide bonds. The molecule has 4 rings (SSSR count). The molecule has 2 heterocycles. The Morgan fingerprint density at radius 3 is 2.49 bits per heavy atom. The Labute approximate surface area is 206 Å². The van der Waals surface area contributed by atoms with E-state index >= 15 is 0 Å². The number of fused-ring (bicyclic) bond motifs is 3. The van der Waals surface area contributed by atoms with Crippen molar-refractivity contribution in [2.45, 2.75) is 25.5 Å². The van der Waals surface area contributed by atoms with E-state index in [1.165, 1.54) is 16.3 Å². The van der Waals surface area contributed by atoms with Crippen molar-refractivity contribution >= 4 is 45.9 Å². The third-order valence-electron chi connectivity index (χ3n) is 5.59. The van der Waals surface area contributed by atoms with Crippen molar-refractivity contribution in [2.24, 2.45) is 0 Å². The predicted molar refractivity (Wildman–Crippen MR) is 138 cm³/mol. The Morgan fingerprint density at radius 2 is 1.80 bits per heavy atom. The lowest BCUT2D eigenvalue weighted by molar-refractivity contribution is -0.113. The summed E-state index contributed by atoms with van der Waals surface area (Å²) in [6.07, 6.45) is 1.63. The highest BCUT2D eigenvalue weighted by Gasteiger charge is 2.17. The van der Waals surface area contributed by atoms with Crippen LogP contribution in [0.1, 0.15) is 24.2 Å². The van der Waals surface area contributed by atoms with Crippen molar-refractivity contribution in [1.82, 2.24) is 24.1 Å². The average molecular weight is 491 g/mol. The fourth-order valence-electron chi connectivity index (χ4n) is 3.84. The summed E-state index contributed by atoms with van der Waals surface area (Å²) in [6, 6.07) is 14.1. The van der Waals surface area contributed by atoms with Crippen LogP contribution in [-0.2, 0) is 11.3 Å². The molecule has 0 fully saturated rings. The minimum atomic E-state index is -0.224. The number of carbonyl (C=O) groups is 2. The van der Waals surface area contributed by atoms with Gasteiger partial charge in [0, 0.05) is 30.9 Å². The first-order valence-corrected chi connectivity index (χ1v) is 12.3. The summed E-state index contributed by atoms with van der Waals surface area (Å²) in [5, 5.41) is 12.3. The van der Waals surface area contributed by atoms with Gasteiger partial charge in [-0.15, -0.1) is 16.8 Å². The lowest BCUT2D eigenvalue weighted by Gasteiger charge is -2.18. The number of amides is 2. The van der Waals surface area contributed by atoms with Gasteiger partial charge in [0.1, 0.15) is 0 Å². The number of rotatable bonds is 9. The second-order valence-electron chi connectivity index (χ2n) is 7.73. The Bertz CT molecular complexity index is 1450.